The molecule has 1 N–H and O–H groups in total. The number of hydrogen-bond donors (Lipinski definition) is 1. The number of methoxy groups -OCH3 is 1. The minimum absolute atomic E-state index is 0.0131. The Bertz CT molecular complexity index is 715. The molecule has 174 valence electrons. The summed E-state index contributed by atoms with van der Waals surface area (Å²) in [6, 6.07) is 0. The Morgan fingerprint density at radius 3 is 2.52 bits per heavy atom. The Balaban J connectivity index is 1.80. The van der Waals surface area contributed by atoms with Crippen molar-refractivity contribution in [3.63, 3.8) is 0 Å². The van der Waals surface area contributed by atoms with Gasteiger partial charge in [-0.05, 0) is 55.1 Å². The normalized spacial score (nSPS) is 31.6. The highest BCUT2D eigenvalue weighted by atomic mass is 16.5. The second-order valence-corrected chi connectivity index (χ2v) is 11.2. The molecule has 0 aromatic heterocycles. The number of carbonyl (C=O) groups is 1. The molecule has 3 heteroatoms. The first kappa shape index (κ1) is 24.3. The van der Waals surface area contributed by atoms with Gasteiger partial charge in [0.2, 0.25) is 0 Å². The molecule has 3 rings (SSSR count). The summed E-state index contributed by atoms with van der Waals surface area (Å²) in [7, 11) is 1.72. The summed E-state index contributed by atoms with van der Waals surface area (Å²) in [4.78, 5) is 12.9. The zero-order valence-electron chi connectivity index (χ0n) is 20.5. The van der Waals surface area contributed by atoms with E-state index in [1.807, 2.05) is 0 Å². The van der Waals surface area contributed by atoms with Crippen LogP contribution in [0.2, 0.25) is 0 Å². The summed E-state index contributed by atoms with van der Waals surface area (Å²) in [5.41, 5.74) is 1.26. The molecule has 4 atom stereocenters. The van der Waals surface area contributed by atoms with Gasteiger partial charge in [0.05, 0.1) is 13.2 Å². The van der Waals surface area contributed by atoms with Crippen LogP contribution in [-0.2, 0) is 9.53 Å². The lowest BCUT2D eigenvalue weighted by Crippen LogP contribution is -2.40. The van der Waals surface area contributed by atoms with Crippen molar-refractivity contribution in [2.45, 2.75) is 98.0 Å². The highest BCUT2D eigenvalue weighted by molar-refractivity contribution is 5.82. The van der Waals surface area contributed by atoms with Gasteiger partial charge in [0.1, 0.15) is 11.5 Å². The average Bonchev–Trinajstić information content (AvgIpc) is 3.19. The second kappa shape index (κ2) is 10.1. The first-order valence-corrected chi connectivity index (χ1v) is 12.6. The molecule has 0 radical (unpaired) electrons. The van der Waals surface area contributed by atoms with Crippen LogP contribution in [-0.4, -0.2) is 24.1 Å². The largest absolute Gasteiger partial charge is 0.501 e. The van der Waals surface area contributed by atoms with Gasteiger partial charge in [0.25, 0.3) is 0 Å². The Hall–Kier alpha value is -1.35. The fraction of sp³-hybridized carbons (Fsp3) is 0.750. The van der Waals surface area contributed by atoms with Gasteiger partial charge in [0, 0.05) is 23.7 Å². The molecule has 0 spiro atoms. The average molecular weight is 429 g/mol. The van der Waals surface area contributed by atoms with Gasteiger partial charge in [-0.3, -0.25) is 4.79 Å². The van der Waals surface area contributed by atoms with Gasteiger partial charge in [-0.2, -0.15) is 0 Å². The molecule has 2 saturated carbocycles. The van der Waals surface area contributed by atoms with E-state index in [-0.39, 0.29) is 28.6 Å². The molecule has 0 aromatic rings. The van der Waals surface area contributed by atoms with Gasteiger partial charge in [-0.25, -0.2) is 0 Å². The summed E-state index contributed by atoms with van der Waals surface area (Å²) >= 11 is 0. The molecule has 0 aromatic carbocycles. The lowest BCUT2D eigenvalue weighted by molar-refractivity contribution is -0.131. The van der Waals surface area contributed by atoms with E-state index in [2.05, 4.69) is 52.0 Å². The number of hydrogen-bond acceptors (Lipinski definition) is 3. The summed E-state index contributed by atoms with van der Waals surface area (Å²) < 4.78 is 5.86. The molecule has 0 aliphatic heterocycles. The van der Waals surface area contributed by atoms with Crippen LogP contribution in [0, 0.1) is 28.6 Å². The number of carbonyl (C=O) groups excluding carboxylic acids is 1. The number of allylic oxidation sites excluding steroid dienone is 4. The van der Waals surface area contributed by atoms with Crippen molar-refractivity contribution in [2.24, 2.45) is 28.6 Å². The Labute approximate surface area is 190 Å². The number of ether oxygens (including phenoxy) is 1. The monoisotopic (exact) mass is 428 g/mol. The molecule has 3 nitrogen and oxygen atoms in total. The zero-order valence-corrected chi connectivity index (χ0v) is 20.5. The fourth-order valence-corrected chi connectivity index (χ4v) is 6.22. The van der Waals surface area contributed by atoms with E-state index in [4.69, 9.17) is 4.74 Å². The number of unbranched alkanes of at least 4 members (excludes halogenated alkanes) is 2. The standard InChI is InChI=1S/C28H44O3/c1-6-7-8-9-14-28(15-10-11-16-28)21-18-24(30)26(25(19-21)31-5)20-12-13-22(23(29)17-20)27(2,3)4/h9,14,18-20,22,24,26,30H,6-8,10-13,15-17H2,1-5H3/t20-,22-,24?,26?/m0/s1. The lowest BCUT2D eigenvalue weighted by Gasteiger charge is -2.41. The highest BCUT2D eigenvalue weighted by Crippen LogP contribution is 2.50. The van der Waals surface area contributed by atoms with E-state index in [0.29, 0.717) is 12.2 Å². The second-order valence-electron chi connectivity index (χ2n) is 11.2. The lowest BCUT2D eigenvalue weighted by atomic mass is 9.64. The molecule has 2 fully saturated rings. The maximum Gasteiger partial charge on any atom is 0.136 e. The topological polar surface area (TPSA) is 46.5 Å². The number of Topliss-reactive ketones (excluding diaryl/α,β-unsaturated/α-hetero) is 1. The quantitative estimate of drug-likeness (QED) is 0.359. The van der Waals surface area contributed by atoms with Crippen molar-refractivity contribution in [3.8, 4) is 0 Å². The van der Waals surface area contributed by atoms with Crippen molar-refractivity contribution in [3.05, 3.63) is 35.6 Å². The predicted octanol–water partition coefficient (Wildman–Crippen LogP) is 6.77. The molecule has 2 unspecified atom stereocenters. The van der Waals surface area contributed by atoms with Crippen molar-refractivity contribution < 1.29 is 14.6 Å². The van der Waals surface area contributed by atoms with Crippen LogP contribution >= 0.6 is 0 Å². The number of aliphatic hydroxyl groups excluding tert-OH is 1. The minimum Gasteiger partial charge on any atom is -0.501 e. The highest BCUT2D eigenvalue weighted by Gasteiger charge is 2.44. The smallest absolute Gasteiger partial charge is 0.136 e. The third-order valence-electron chi connectivity index (χ3n) is 8.04. The number of ketones is 1. The van der Waals surface area contributed by atoms with Gasteiger partial charge in [-0.15, -0.1) is 0 Å². The van der Waals surface area contributed by atoms with Crippen LogP contribution in [0.25, 0.3) is 0 Å². The van der Waals surface area contributed by atoms with Crippen molar-refractivity contribution >= 4 is 5.78 Å². The van der Waals surface area contributed by atoms with E-state index in [1.165, 1.54) is 31.3 Å². The maximum absolute atomic E-state index is 12.9. The summed E-state index contributed by atoms with van der Waals surface area (Å²) in [6.07, 6.45) is 19.2. The molecular weight excluding hydrogens is 384 g/mol. The first-order valence-electron chi connectivity index (χ1n) is 12.6. The fourth-order valence-electron chi connectivity index (χ4n) is 6.22. The van der Waals surface area contributed by atoms with E-state index in [9.17, 15) is 9.90 Å². The molecule has 3 aliphatic rings. The van der Waals surface area contributed by atoms with Crippen molar-refractivity contribution in [1.82, 2.24) is 0 Å². The van der Waals surface area contributed by atoms with Crippen LogP contribution in [0.3, 0.4) is 0 Å². The molecule has 0 bridgehead atoms. The predicted molar refractivity (Wildman–Crippen MR) is 128 cm³/mol. The molecule has 3 aliphatic carbocycles. The molecular formula is C28H44O3. The third-order valence-corrected chi connectivity index (χ3v) is 8.04. The number of rotatable bonds is 7. The van der Waals surface area contributed by atoms with Crippen molar-refractivity contribution in [2.75, 3.05) is 7.11 Å². The van der Waals surface area contributed by atoms with Gasteiger partial charge in [-0.1, -0.05) is 71.6 Å². The maximum atomic E-state index is 12.9. The SMILES string of the molecule is CCCCC=CC1(C2=CC(O)C([C@H]3CC[C@H](C(C)(C)C)C(=O)C3)C(OC)=C2)CCCC1. The summed E-state index contributed by atoms with van der Waals surface area (Å²) in [6.45, 7) is 8.72. The molecule has 0 saturated heterocycles. The molecule has 31 heavy (non-hydrogen) atoms. The Morgan fingerprint density at radius 2 is 1.94 bits per heavy atom. The van der Waals surface area contributed by atoms with Crippen LogP contribution in [0.4, 0.5) is 0 Å². The Morgan fingerprint density at radius 1 is 1.23 bits per heavy atom. The van der Waals surface area contributed by atoms with Gasteiger partial charge < -0.3 is 9.84 Å². The van der Waals surface area contributed by atoms with E-state index >= 15 is 0 Å². The molecule has 0 heterocycles. The Kier molecular flexibility index (Phi) is 7.89. The number of aliphatic hydroxyl groups is 1. The van der Waals surface area contributed by atoms with Crippen LogP contribution < -0.4 is 0 Å². The summed E-state index contributed by atoms with van der Waals surface area (Å²) in [5.74, 6) is 1.39. The van der Waals surface area contributed by atoms with Crippen LogP contribution in [0.15, 0.2) is 35.6 Å². The van der Waals surface area contributed by atoms with Crippen LogP contribution in [0.1, 0.15) is 91.9 Å². The molecule has 0 amide bonds. The van der Waals surface area contributed by atoms with Gasteiger partial charge >= 0.3 is 0 Å². The van der Waals surface area contributed by atoms with E-state index in [0.717, 1.165) is 37.9 Å². The van der Waals surface area contributed by atoms with E-state index < -0.39 is 6.10 Å². The van der Waals surface area contributed by atoms with E-state index in [1.54, 1.807) is 7.11 Å². The van der Waals surface area contributed by atoms with Crippen LogP contribution in [0.5, 0.6) is 0 Å². The first-order chi connectivity index (χ1) is 14.7. The van der Waals surface area contributed by atoms with Gasteiger partial charge in [0.15, 0.2) is 0 Å². The minimum atomic E-state index is -0.583. The summed E-state index contributed by atoms with van der Waals surface area (Å²) in [5, 5.41) is 11.3. The third kappa shape index (κ3) is 5.35. The van der Waals surface area contributed by atoms with Crippen molar-refractivity contribution in [1.29, 1.82) is 0 Å². The zero-order chi connectivity index (χ0) is 22.6.